The van der Waals surface area contributed by atoms with E-state index in [0.29, 0.717) is 24.4 Å². The van der Waals surface area contributed by atoms with Crippen molar-refractivity contribution >= 4 is 6.03 Å². The Bertz CT molecular complexity index is 790. The lowest BCUT2D eigenvalue weighted by atomic mass is 9.68. The molecule has 2 amide bonds. The zero-order valence-electron chi connectivity index (χ0n) is 18.2. The van der Waals surface area contributed by atoms with Gasteiger partial charge in [-0.25, -0.2) is 4.79 Å². The molecule has 1 aromatic carbocycles. The third-order valence-electron chi connectivity index (χ3n) is 7.77. The van der Waals surface area contributed by atoms with Crippen LogP contribution in [0.2, 0.25) is 0 Å². The van der Waals surface area contributed by atoms with Crippen LogP contribution in [0.3, 0.4) is 0 Å². The fraction of sp³-hybridized carbons (Fsp3) is 0.640. The molecule has 1 aliphatic carbocycles. The number of hydrogen-bond acceptors (Lipinski definition) is 3. The van der Waals surface area contributed by atoms with Crippen molar-refractivity contribution in [3.05, 3.63) is 41.5 Å². The van der Waals surface area contributed by atoms with Gasteiger partial charge in [0.2, 0.25) is 0 Å². The van der Waals surface area contributed by atoms with Crippen molar-refractivity contribution in [3.8, 4) is 5.75 Å². The number of piperidine rings is 3. The molecule has 0 radical (unpaired) electrons. The van der Waals surface area contributed by atoms with Crippen LogP contribution in [0, 0.1) is 11.8 Å². The number of nitrogens with one attached hydrogen (secondary N) is 1. The van der Waals surface area contributed by atoms with Gasteiger partial charge >= 0.3 is 6.03 Å². The van der Waals surface area contributed by atoms with E-state index >= 15 is 0 Å². The lowest BCUT2D eigenvalue weighted by Crippen LogP contribution is -2.61. The Morgan fingerprint density at radius 3 is 2.87 bits per heavy atom. The molecule has 3 aliphatic heterocycles. The molecule has 162 valence electrons. The van der Waals surface area contributed by atoms with E-state index in [1.165, 1.54) is 50.8 Å². The van der Waals surface area contributed by atoms with E-state index in [1.807, 2.05) is 12.1 Å². The molecule has 0 aromatic heterocycles. The van der Waals surface area contributed by atoms with Crippen LogP contribution in [0.5, 0.6) is 5.75 Å². The fourth-order valence-corrected chi connectivity index (χ4v) is 6.41. The van der Waals surface area contributed by atoms with E-state index in [1.54, 1.807) is 12.7 Å². The Balaban J connectivity index is 1.23. The van der Waals surface area contributed by atoms with Crippen LogP contribution < -0.4 is 10.1 Å². The van der Waals surface area contributed by atoms with E-state index in [-0.39, 0.29) is 6.03 Å². The number of hydrogen-bond donors (Lipinski definition) is 1. The number of carbonyl (C=O) groups excluding carboxylic acids is 1. The third-order valence-corrected chi connectivity index (χ3v) is 7.77. The van der Waals surface area contributed by atoms with Crippen LogP contribution in [0.1, 0.15) is 44.1 Å². The maximum atomic E-state index is 13.1. The second kappa shape index (κ2) is 8.62. The second-order valence-corrected chi connectivity index (χ2v) is 9.53. The van der Waals surface area contributed by atoms with Gasteiger partial charge in [-0.15, -0.1) is 0 Å². The van der Waals surface area contributed by atoms with Crippen LogP contribution >= 0.6 is 0 Å². The highest BCUT2D eigenvalue weighted by molar-refractivity contribution is 5.75. The first kappa shape index (κ1) is 19.9. The molecule has 3 fully saturated rings. The number of ether oxygens (including phenoxy) is 1. The minimum absolute atomic E-state index is 0.123. The molecule has 4 aliphatic rings. The van der Waals surface area contributed by atoms with Crippen LogP contribution in [0.25, 0.3) is 0 Å². The van der Waals surface area contributed by atoms with Crippen LogP contribution in [0.15, 0.2) is 35.9 Å². The average Bonchev–Trinajstić information content (AvgIpc) is 2.79. The minimum atomic E-state index is 0.123. The largest absolute Gasteiger partial charge is 0.497 e. The first-order valence-electron chi connectivity index (χ1n) is 11.8. The molecule has 3 saturated heterocycles. The molecular formula is C25H35N3O2. The maximum absolute atomic E-state index is 13.1. The zero-order chi connectivity index (χ0) is 20.5. The molecule has 5 heteroatoms. The Morgan fingerprint density at radius 1 is 1.17 bits per heavy atom. The van der Waals surface area contributed by atoms with Crippen molar-refractivity contribution in [2.45, 2.75) is 57.0 Å². The van der Waals surface area contributed by atoms with Crippen LogP contribution in [-0.4, -0.2) is 61.2 Å². The number of nitrogens with zero attached hydrogens (tertiary/aromatic N) is 2. The van der Waals surface area contributed by atoms with Crippen molar-refractivity contribution in [2.75, 3.05) is 33.3 Å². The van der Waals surface area contributed by atoms with Gasteiger partial charge in [-0.1, -0.05) is 30.2 Å². The number of amides is 2. The average molecular weight is 410 g/mol. The number of fused-ring (bicyclic) bond motifs is 6. The molecule has 1 aromatic rings. The van der Waals surface area contributed by atoms with E-state index in [9.17, 15) is 4.79 Å². The normalized spacial score (nSPS) is 30.7. The molecule has 2 bridgehead atoms. The molecule has 5 nitrogen and oxygen atoms in total. The van der Waals surface area contributed by atoms with E-state index in [2.05, 4.69) is 33.3 Å². The summed E-state index contributed by atoms with van der Waals surface area (Å²) in [5.41, 5.74) is 2.78. The van der Waals surface area contributed by atoms with Crippen LogP contribution in [0.4, 0.5) is 4.79 Å². The van der Waals surface area contributed by atoms with E-state index < -0.39 is 0 Å². The van der Waals surface area contributed by atoms with Gasteiger partial charge < -0.3 is 15.0 Å². The summed E-state index contributed by atoms with van der Waals surface area (Å²) >= 11 is 0. The lowest BCUT2D eigenvalue weighted by Gasteiger charge is -2.54. The number of likely N-dealkylation sites (tertiary alicyclic amines) is 1. The Morgan fingerprint density at radius 2 is 2.03 bits per heavy atom. The second-order valence-electron chi connectivity index (χ2n) is 9.53. The van der Waals surface area contributed by atoms with E-state index in [4.69, 9.17) is 4.74 Å². The minimum Gasteiger partial charge on any atom is -0.497 e. The van der Waals surface area contributed by atoms with Gasteiger partial charge in [0.05, 0.1) is 13.2 Å². The molecule has 30 heavy (non-hydrogen) atoms. The molecule has 3 heterocycles. The van der Waals surface area contributed by atoms with Crippen molar-refractivity contribution in [1.82, 2.24) is 15.1 Å². The number of carbonyl (C=O) groups is 1. The van der Waals surface area contributed by atoms with Gasteiger partial charge in [-0.2, -0.15) is 0 Å². The van der Waals surface area contributed by atoms with Gasteiger partial charge in [0.15, 0.2) is 0 Å². The monoisotopic (exact) mass is 409 g/mol. The number of methoxy groups -OCH3 is 1. The van der Waals surface area contributed by atoms with Gasteiger partial charge in [0, 0.05) is 25.7 Å². The topological polar surface area (TPSA) is 44.8 Å². The van der Waals surface area contributed by atoms with Crippen molar-refractivity contribution in [2.24, 2.45) is 11.8 Å². The van der Waals surface area contributed by atoms with Gasteiger partial charge in [-0.3, -0.25) is 4.90 Å². The van der Waals surface area contributed by atoms with Crippen molar-refractivity contribution in [3.63, 3.8) is 0 Å². The third kappa shape index (κ3) is 3.84. The molecule has 4 unspecified atom stereocenters. The highest BCUT2D eigenvalue weighted by Crippen LogP contribution is 2.44. The molecule has 4 atom stereocenters. The lowest BCUT2D eigenvalue weighted by molar-refractivity contribution is 0.00793. The Labute approximate surface area is 180 Å². The highest BCUT2D eigenvalue weighted by Gasteiger charge is 2.46. The summed E-state index contributed by atoms with van der Waals surface area (Å²) in [5.74, 6) is 2.19. The Hall–Kier alpha value is -2.01. The quantitative estimate of drug-likeness (QED) is 0.769. The molecule has 0 saturated carbocycles. The standard InChI is InChI=1S/C25H35N3O2/c1-30-22-9-7-18(8-10-22)11-12-26-25(29)28-14-4-5-19-15-20-16-21(24(19)28)17-27-13-3-2-6-23(20)27/h7-10,15,20-21,23-24H,2-6,11-14,16-17H2,1H3,(H,26,29). The van der Waals surface area contributed by atoms with Gasteiger partial charge in [0.25, 0.3) is 0 Å². The molecule has 1 N–H and O–H groups in total. The van der Waals surface area contributed by atoms with Crippen LogP contribution in [-0.2, 0) is 6.42 Å². The zero-order valence-corrected chi connectivity index (χ0v) is 18.2. The Kier molecular flexibility index (Phi) is 5.72. The molecule has 0 spiro atoms. The summed E-state index contributed by atoms with van der Waals surface area (Å²) in [7, 11) is 1.68. The van der Waals surface area contributed by atoms with E-state index in [0.717, 1.165) is 31.2 Å². The number of urea groups is 1. The predicted molar refractivity (Wildman–Crippen MR) is 119 cm³/mol. The fourth-order valence-electron chi connectivity index (χ4n) is 6.41. The summed E-state index contributed by atoms with van der Waals surface area (Å²) < 4.78 is 5.22. The first-order valence-corrected chi connectivity index (χ1v) is 11.8. The molecule has 5 rings (SSSR count). The number of rotatable bonds is 4. The summed E-state index contributed by atoms with van der Waals surface area (Å²) in [4.78, 5) is 18.0. The maximum Gasteiger partial charge on any atom is 0.317 e. The summed E-state index contributed by atoms with van der Waals surface area (Å²) in [6.07, 6.45) is 11.1. The van der Waals surface area contributed by atoms with Crippen molar-refractivity contribution < 1.29 is 9.53 Å². The summed E-state index contributed by atoms with van der Waals surface area (Å²) in [6, 6.07) is 9.31. The predicted octanol–water partition coefficient (Wildman–Crippen LogP) is 3.84. The summed E-state index contributed by atoms with van der Waals surface area (Å²) in [5, 5.41) is 3.21. The SMILES string of the molecule is COc1ccc(CCNC(=O)N2CCCC3=CC4CC(CN5CCCCC45)C32)cc1. The number of benzene rings is 1. The summed E-state index contributed by atoms with van der Waals surface area (Å²) in [6.45, 7) is 4.00. The smallest absolute Gasteiger partial charge is 0.317 e. The van der Waals surface area contributed by atoms with Gasteiger partial charge in [-0.05, 0) is 74.6 Å². The first-order chi connectivity index (χ1) is 14.7. The van der Waals surface area contributed by atoms with Crippen molar-refractivity contribution in [1.29, 1.82) is 0 Å². The van der Waals surface area contributed by atoms with Gasteiger partial charge in [0.1, 0.15) is 5.75 Å². The highest BCUT2D eigenvalue weighted by atomic mass is 16.5. The molecular weight excluding hydrogens is 374 g/mol.